The maximum atomic E-state index is 4.36. The van der Waals surface area contributed by atoms with Gasteiger partial charge in [-0.1, -0.05) is 11.8 Å². The topological polar surface area (TPSA) is 24.4 Å². The molecule has 4 heteroatoms. The first kappa shape index (κ1) is 9.26. The average Bonchev–Trinajstić information content (AvgIpc) is 2.07. The molecule has 0 saturated carbocycles. The second-order valence-corrected chi connectivity index (χ2v) is 4.38. The molecule has 0 bridgehead atoms. The molecule has 0 unspecified atom stereocenters. The normalized spacial score (nSPS) is 17.4. The molecule has 0 amide bonds. The molecule has 1 rings (SSSR count). The second kappa shape index (κ2) is 5.77. The molecule has 1 aliphatic rings. The monoisotopic (exact) mass is 190 g/mol. The lowest BCUT2D eigenvalue weighted by molar-refractivity contribution is 0.751. The van der Waals surface area contributed by atoms with Gasteiger partial charge in [0.15, 0.2) is 5.17 Å². The highest BCUT2D eigenvalue weighted by molar-refractivity contribution is 8.14. The highest BCUT2D eigenvalue weighted by atomic mass is 32.2. The van der Waals surface area contributed by atoms with Gasteiger partial charge >= 0.3 is 0 Å². The van der Waals surface area contributed by atoms with Crippen LogP contribution >= 0.6 is 23.5 Å². The van der Waals surface area contributed by atoms with Crippen molar-refractivity contribution in [2.24, 2.45) is 4.99 Å². The maximum Gasteiger partial charge on any atom is 0.156 e. The van der Waals surface area contributed by atoms with Crippen molar-refractivity contribution in [1.82, 2.24) is 5.32 Å². The van der Waals surface area contributed by atoms with Crippen molar-refractivity contribution in [3.8, 4) is 0 Å². The van der Waals surface area contributed by atoms with Crippen molar-refractivity contribution in [2.75, 3.05) is 30.9 Å². The number of aliphatic imine (C=N–C) groups is 1. The molecule has 0 saturated heterocycles. The predicted molar refractivity (Wildman–Crippen MR) is 55.8 cm³/mol. The van der Waals surface area contributed by atoms with Gasteiger partial charge in [-0.25, -0.2) is 0 Å². The minimum absolute atomic E-state index is 1.01. The Morgan fingerprint density at radius 1 is 1.55 bits per heavy atom. The summed E-state index contributed by atoms with van der Waals surface area (Å²) in [5.74, 6) is 2.39. The third-order valence-electron chi connectivity index (χ3n) is 1.39. The third-order valence-corrected chi connectivity index (χ3v) is 3.22. The van der Waals surface area contributed by atoms with Crippen LogP contribution in [0.1, 0.15) is 6.42 Å². The number of nitrogens with one attached hydrogen (secondary N) is 1. The highest BCUT2D eigenvalue weighted by Crippen LogP contribution is 2.07. The van der Waals surface area contributed by atoms with Gasteiger partial charge in [0.1, 0.15) is 0 Å². The summed E-state index contributed by atoms with van der Waals surface area (Å²) < 4.78 is 0. The fourth-order valence-electron chi connectivity index (χ4n) is 0.829. The number of hydrogen-bond acceptors (Lipinski definition) is 4. The molecule has 1 heterocycles. The first-order valence-corrected chi connectivity index (χ1v) is 6.21. The zero-order chi connectivity index (χ0) is 7.94. The fourth-order valence-corrected chi connectivity index (χ4v) is 2.41. The lowest BCUT2D eigenvalue weighted by Crippen LogP contribution is -2.27. The zero-order valence-corrected chi connectivity index (χ0v) is 8.43. The summed E-state index contributed by atoms with van der Waals surface area (Å²) in [6.07, 6.45) is 3.32. The van der Waals surface area contributed by atoms with E-state index in [4.69, 9.17) is 0 Å². The Hall–Kier alpha value is 0.170. The molecule has 2 nitrogen and oxygen atoms in total. The van der Waals surface area contributed by atoms with Crippen LogP contribution in [0, 0.1) is 0 Å². The van der Waals surface area contributed by atoms with Gasteiger partial charge in [0.25, 0.3) is 0 Å². The van der Waals surface area contributed by atoms with Gasteiger partial charge in [-0.05, 0) is 12.7 Å². The quantitative estimate of drug-likeness (QED) is 0.681. The van der Waals surface area contributed by atoms with E-state index < -0.39 is 0 Å². The van der Waals surface area contributed by atoms with Crippen LogP contribution in [0.4, 0.5) is 0 Å². The van der Waals surface area contributed by atoms with Crippen molar-refractivity contribution in [3.05, 3.63) is 0 Å². The Bertz CT molecular complexity index is 136. The van der Waals surface area contributed by atoms with Gasteiger partial charge in [-0.2, -0.15) is 11.8 Å². The number of amidine groups is 1. The molecule has 0 radical (unpaired) electrons. The number of hydrogen-bond donors (Lipinski definition) is 1. The van der Waals surface area contributed by atoms with E-state index in [1.807, 2.05) is 23.5 Å². The van der Waals surface area contributed by atoms with Crippen LogP contribution in [0.2, 0.25) is 0 Å². The minimum Gasteiger partial charge on any atom is -0.365 e. The molecular formula is C7H14N2S2. The number of rotatable bonds is 3. The molecule has 0 aromatic rings. The second-order valence-electron chi connectivity index (χ2n) is 2.31. The summed E-state index contributed by atoms with van der Waals surface area (Å²) in [5, 5.41) is 4.43. The van der Waals surface area contributed by atoms with Crippen LogP contribution in [-0.2, 0) is 0 Å². The summed E-state index contributed by atoms with van der Waals surface area (Å²) in [6.45, 7) is 2.11. The van der Waals surface area contributed by atoms with E-state index in [9.17, 15) is 0 Å². The van der Waals surface area contributed by atoms with E-state index in [-0.39, 0.29) is 0 Å². The van der Waals surface area contributed by atoms with Gasteiger partial charge in [-0.15, -0.1) is 0 Å². The molecule has 64 valence electrons. The van der Waals surface area contributed by atoms with Gasteiger partial charge in [0, 0.05) is 24.6 Å². The molecule has 1 N–H and O–H groups in total. The summed E-state index contributed by atoms with van der Waals surface area (Å²) >= 11 is 3.73. The van der Waals surface area contributed by atoms with E-state index in [2.05, 4.69) is 16.6 Å². The highest BCUT2D eigenvalue weighted by Gasteiger charge is 2.02. The zero-order valence-electron chi connectivity index (χ0n) is 6.80. The standard InChI is InChI=1S/C7H14N2S2/c1-10-5-6-11-7-8-3-2-4-9-7/h2-6H2,1H3,(H,8,9). The molecule has 0 atom stereocenters. The average molecular weight is 190 g/mol. The van der Waals surface area contributed by atoms with E-state index in [1.54, 1.807) is 0 Å². The minimum atomic E-state index is 1.01. The van der Waals surface area contributed by atoms with Crippen LogP contribution in [0.5, 0.6) is 0 Å². The summed E-state index contributed by atoms with van der Waals surface area (Å²) in [4.78, 5) is 4.36. The summed E-state index contributed by atoms with van der Waals surface area (Å²) in [5.41, 5.74) is 0. The lowest BCUT2D eigenvalue weighted by Gasteiger charge is -2.12. The van der Waals surface area contributed by atoms with Gasteiger partial charge < -0.3 is 5.32 Å². The van der Waals surface area contributed by atoms with Crippen LogP contribution in [0.3, 0.4) is 0 Å². The Morgan fingerprint density at radius 3 is 3.09 bits per heavy atom. The summed E-state index contributed by atoms with van der Waals surface area (Å²) in [6, 6.07) is 0. The number of nitrogens with zero attached hydrogens (tertiary/aromatic N) is 1. The Morgan fingerprint density at radius 2 is 2.45 bits per heavy atom. The SMILES string of the molecule is CSCCSC1=NCCCN1. The number of thioether (sulfide) groups is 2. The van der Waals surface area contributed by atoms with Crippen molar-refractivity contribution in [1.29, 1.82) is 0 Å². The van der Waals surface area contributed by atoms with Crippen LogP contribution in [0.25, 0.3) is 0 Å². The predicted octanol–water partition coefficient (Wildman–Crippen LogP) is 1.43. The first-order chi connectivity index (χ1) is 5.43. The maximum absolute atomic E-state index is 4.36. The van der Waals surface area contributed by atoms with Crippen molar-refractivity contribution < 1.29 is 0 Å². The third kappa shape index (κ3) is 3.91. The Labute approximate surface area is 76.6 Å². The molecule has 1 aliphatic heterocycles. The Kier molecular flexibility index (Phi) is 4.86. The molecule has 11 heavy (non-hydrogen) atoms. The van der Waals surface area contributed by atoms with Crippen molar-refractivity contribution in [3.63, 3.8) is 0 Å². The van der Waals surface area contributed by atoms with E-state index in [1.165, 1.54) is 17.9 Å². The van der Waals surface area contributed by atoms with E-state index in [0.717, 1.165) is 18.3 Å². The van der Waals surface area contributed by atoms with Crippen LogP contribution in [0.15, 0.2) is 4.99 Å². The van der Waals surface area contributed by atoms with Gasteiger partial charge in [-0.3, -0.25) is 4.99 Å². The first-order valence-electron chi connectivity index (χ1n) is 3.83. The van der Waals surface area contributed by atoms with Gasteiger partial charge in [0.05, 0.1) is 0 Å². The van der Waals surface area contributed by atoms with Crippen LogP contribution in [-0.4, -0.2) is 36.0 Å². The smallest absolute Gasteiger partial charge is 0.156 e. The molecule has 0 spiro atoms. The van der Waals surface area contributed by atoms with Crippen molar-refractivity contribution in [2.45, 2.75) is 6.42 Å². The fraction of sp³-hybridized carbons (Fsp3) is 0.857. The molecule has 0 aromatic carbocycles. The molecule has 0 aliphatic carbocycles. The van der Waals surface area contributed by atoms with E-state index in [0.29, 0.717) is 0 Å². The Balaban J connectivity index is 2.09. The van der Waals surface area contributed by atoms with Crippen molar-refractivity contribution >= 4 is 28.7 Å². The van der Waals surface area contributed by atoms with E-state index >= 15 is 0 Å². The van der Waals surface area contributed by atoms with Crippen LogP contribution < -0.4 is 5.32 Å². The molecule has 0 aromatic heterocycles. The molecule has 0 fully saturated rings. The molecular weight excluding hydrogens is 176 g/mol. The lowest BCUT2D eigenvalue weighted by atomic mass is 10.4. The summed E-state index contributed by atoms with van der Waals surface area (Å²) in [7, 11) is 0. The van der Waals surface area contributed by atoms with Gasteiger partial charge in [0.2, 0.25) is 0 Å². The largest absolute Gasteiger partial charge is 0.365 e.